The van der Waals surface area contributed by atoms with Gasteiger partial charge in [0.2, 0.25) is 0 Å². The van der Waals surface area contributed by atoms with Crippen LogP contribution in [0.25, 0.3) is 0 Å². The summed E-state index contributed by atoms with van der Waals surface area (Å²) in [6.45, 7) is 2.25. The van der Waals surface area contributed by atoms with Gasteiger partial charge in [-0.25, -0.2) is 0 Å². The van der Waals surface area contributed by atoms with Crippen molar-refractivity contribution in [3.05, 3.63) is 78.4 Å². The van der Waals surface area contributed by atoms with Crippen molar-refractivity contribution in [1.82, 2.24) is 0 Å². The van der Waals surface area contributed by atoms with Crippen LogP contribution in [0.5, 0.6) is 5.75 Å². The summed E-state index contributed by atoms with van der Waals surface area (Å²) >= 11 is 0. The Bertz CT molecular complexity index is 2020. The molecule has 0 bridgehead atoms. The van der Waals surface area contributed by atoms with Gasteiger partial charge in [-0.3, -0.25) is 0 Å². The average molecular weight is 607 g/mol. The zero-order chi connectivity index (χ0) is 33.0. The van der Waals surface area contributed by atoms with Gasteiger partial charge in [-0.2, -0.15) is 20.5 Å². The second kappa shape index (κ2) is 22.6. The van der Waals surface area contributed by atoms with Gasteiger partial charge in [0.15, 0.2) is 0 Å². The van der Waals surface area contributed by atoms with E-state index in [9.17, 15) is 0 Å². The highest BCUT2D eigenvalue weighted by Gasteiger charge is 1.98. The number of rotatable bonds is 12. The molecule has 0 aromatic heterocycles. The minimum absolute atomic E-state index is 0.546. The van der Waals surface area contributed by atoms with Gasteiger partial charge < -0.3 is 4.74 Å². The number of hydrogen-bond acceptors (Lipinski definition) is 5. The molecular weight excluding hydrogens is 576 g/mol. The van der Waals surface area contributed by atoms with E-state index in [4.69, 9.17) is 11.2 Å². The highest BCUT2D eigenvalue weighted by molar-refractivity contribution is 5.49. The monoisotopic (exact) mass is 606 g/mol. The summed E-state index contributed by atoms with van der Waals surface area (Å²) in [6, 6.07) is 22.7. The van der Waals surface area contributed by atoms with E-state index < -0.39 is 0 Å². The molecule has 0 amide bonds. The molecule has 0 atom stereocenters. The topological polar surface area (TPSA) is 58.7 Å². The molecule has 47 heavy (non-hydrogen) atoms. The van der Waals surface area contributed by atoms with Gasteiger partial charge in [0.1, 0.15) is 11.9 Å². The van der Waals surface area contributed by atoms with E-state index in [-0.39, 0.29) is 0 Å². The normalized spacial score (nSPS) is 9.02. The van der Waals surface area contributed by atoms with Crippen LogP contribution in [0.3, 0.4) is 0 Å². The van der Waals surface area contributed by atoms with Crippen LogP contribution >= 0.6 is 0 Å². The molecule has 0 saturated heterocycles. The molecule has 0 aliphatic carbocycles. The second-order valence-corrected chi connectivity index (χ2v) is 9.57. The van der Waals surface area contributed by atoms with Crippen molar-refractivity contribution >= 4 is 22.7 Å². The number of aryl methyl sites for hydroxylation is 1. The highest BCUT2D eigenvalue weighted by Crippen LogP contribution is 2.25. The van der Waals surface area contributed by atoms with E-state index in [0.717, 1.165) is 17.8 Å². The first-order valence-corrected chi connectivity index (χ1v) is 15.0. The van der Waals surface area contributed by atoms with Crippen LogP contribution in [0.4, 0.5) is 22.7 Å². The van der Waals surface area contributed by atoms with Gasteiger partial charge >= 0.3 is 0 Å². The Morgan fingerprint density at radius 1 is 0.468 bits per heavy atom. The summed E-state index contributed by atoms with van der Waals surface area (Å²) in [5.41, 5.74) is 4.28. The fourth-order valence-electron chi connectivity index (χ4n) is 3.73. The van der Waals surface area contributed by atoms with Crippen LogP contribution in [0, 0.1) is 95.4 Å². The molecule has 3 aromatic rings. The van der Waals surface area contributed by atoms with Gasteiger partial charge in [0.05, 0.1) is 22.7 Å². The average Bonchev–Trinajstić information content (AvgIpc) is 3.11. The quantitative estimate of drug-likeness (QED) is 0.115. The van der Waals surface area contributed by atoms with E-state index in [1.807, 2.05) is 36.4 Å². The predicted octanol–water partition coefficient (Wildman–Crippen LogP) is 9.41. The first kappa shape index (κ1) is 34.6. The Hall–Kier alpha value is -6.86. The van der Waals surface area contributed by atoms with E-state index in [0.29, 0.717) is 17.1 Å². The van der Waals surface area contributed by atoms with Crippen molar-refractivity contribution in [1.29, 1.82) is 0 Å². The third-order valence-corrected chi connectivity index (χ3v) is 6.05. The van der Waals surface area contributed by atoms with Gasteiger partial charge in [-0.1, -0.05) is 51.2 Å². The zero-order valence-corrected chi connectivity index (χ0v) is 26.2. The highest BCUT2D eigenvalue weighted by atomic mass is 16.5. The molecule has 5 nitrogen and oxygen atoms in total. The molecular formula is C42H30N4O. The number of terminal acetylenes is 1. The van der Waals surface area contributed by atoms with Crippen LogP contribution in [-0.2, 0) is 6.42 Å². The van der Waals surface area contributed by atoms with E-state index in [2.05, 4.69) is 129 Å². The minimum atomic E-state index is 0.546. The Labute approximate surface area is 278 Å². The smallest absolute Gasteiger partial charge is 0.140 e. The molecule has 3 aromatic carbocycles. The summed E-state index contributed by atoms with van der Waals surface area (Å²) < 4.78 is 5.35. The van der Waals surface area contributed by atoms with E-state index in [1.165, 1.54) is 44.1 Å². The van der Waals surface area contributed by atoms with Crippen molar-refractivity contribution < 1.29 is 4.74 Å². The van der Waals surface area contributed by atoms with Crippen molar-refractivity contribution in [3.8, 4) is 101 Å². The number of nitrogens with zero attached hydrogens (tertiary/aromatic N) is 4. The molecule has 0 N–H and O–H groups in total. The molecule has 3 rings (SSSR count). The first-order valence-electron chi connectivity index (χ1n) is 15.0. The Morgan fingerprint density at radius 2 is 0.851 bits per heavy atom. The minimum Gasteiger partial charge on any atom is -0.407 e. The maximum absolute atomic E-state index is 5.35. The van der Waals surface area contributed by atoms with Crippen LogP contribution < -0.4 is 4.74 Å². The summed E-state index contributed by atoms with van der Waals surface area (Å²) in [6.07, 6.45) is 16.4. The maximum Gasteiger partial charge on any atom is 0.140 e. The maximum atomic E-state index is 5.35. The lowest BCUT2D eigenvalue weighted by atomic mass is 10.0. The molecule has 0 radical (unpaired) electrons. The SMILES string of the molecule is C#CC#CC#CC#CC#CC#CC#CC#COc1ccc(N=Nc2ccc(N=Nc3ccc(CCCCCCCC)cc3)cc2)cc1. The largest absolute Gasteiger partial charge is 0.407 e. The van der Waals surface area contributed by atoms with Crippen LogP contribution in [-0.4, -0.2) is 0 Å². The van der Waals surface area contributed by atoms with Crippen molar-refractivity contribution in [2.75, 3.05) is 0 Å². The standard InChI is InChI=1S/C42H30N4O/c1-3-5-7-9-11-12-13-14-15-16-17-18-20-22-36-47-42-34-32-41(33-35-42)46-45-40-30-28-39(29-31-40)44-43-38-26-24-37(25-27-38)23-21-19-10-8-6-4-2/h1,24-35H,4,6,8,10,19,21,23H2,2H3. The van der Waals surface area contributed by atoms with Crippen LogP contribution in [0.1, 0.15) is 51.0 Å². The summed E-state index contributed by atoms with van der Waals surface area (Å²) in [4.78, 5) is 0. The lowest BCUT2D eigenvalue weighted by molar-refractivity contribution is 0.520. The Morgan fingerprint density at radius 3 is 1.32 bits per heavy atom. The number of ether oxygens (including phenoxy) is 1. The lowest BCUT2D eigenvalue weighted by Crippen LogP contribution is -1.85. The molecule has 0 saturated carbocycles. The fourth-order valence-corrected chi connectivity index (χ4v) is 3.73. The van der Waals surface area contributed by atoms with Crippen molar-refractivity contribution in [2.45, 2.75) is 51.9 Å². The van der Waals surface area contributed by atoms with E-state index in [1.54, 1.807) is 24.3 Å². The van der Waals surface area contributed by atoms with Crippen molar-refractivity contribution in [2.24, 2.45) is 20.5 Å². The predicted molar refractivity (Wildman–Crippen MR) is 189 cm³/mol. The third-order valence-electron chi connectivity index (χ3n) is 6.05. The molecule has 0 aliphatic heterocycles. The molecule has 224 valence electrons. The van der Waals surface area contributed by atoms with Gasteiger partial charge in [-0.05, 0) is 121 Å². The molecule has 5 heteroatoms. The van der Waals surface area contributed by atoms with Crippen LogP contribution in [0.2, 0.25) is 0 Å². The van der Waals surface area contributed by atoms with Gasteiger partial charge in [0, 0.05) is 41.4 Å². The Kier molecular flexibility index (Phi) is 16.7. The summed E-state index contributed by atoms with van der Waals surface area (Å²) in [5, 5.41) is 17.3. The van der Waals surface area contributed by atoms with Crippen LogP contribution in [0.15, 0.2) is 93.3 Å². The molecule has 0 spiro atoms. The summed E-state index contributed by atoms with van der Waals surface area (Å²) in [5.74, 6) is 35.2. The number of benzene rings is 3. The van der Waals surface area contributed by atoms with Crippen molar-refractivity contribution in [3.63, 3.8) is 0 Å². The van der Waals surface area contributed by atoms with Gasteiger partial charge in [0.25, 0.3) is 0 Å². The number of unbranched alkanes of at least 4 members (excludes halogenated alkanes) is 5. The second-order valence-electron chi connectivity index (χ2n) is 9.57. The Balaban J connectivity index is 1.40. The molecule has 0 heterocycles. The fraction of sp³-hybridized carbons (Fsp3) is 0.190. The zero-order valence-electron chi connectivity index (χ0n) is 26.2. The number of hydrogen-bond donors (Lipinski definition) is 0. The summed E-state index contributed by atoms with van der Waals surface area (Å²) in [7, 11) is 0. The number of azo groups is 2. The van der Waals surface area contributed by atoms with E-state index >= 15 is 0 Å². The first-order chi connectivity index (χ1) is 23.3. The third kappa shape index (κ3) is 16.0. The van der Waals surface area contributed by atoms with Gasteiger partial charge in [-0.15, -0.1) is 6.42 Å². The lowest BCUT2D eigenvalue weighted by Gasteiger charge is -2.02. The molecule has 0 fully saturated rings. The molecule has 0 aliphatic rings. The molecule has 0 unspecified atom stereocenters.